The smallest absolute Gasteiger partial charge is 0.339 e. The topological polar surface area (TPSA) is 53.7 Å². The molecule has 13 heavy (non-hydrogen) atoms. The van der Waals surface area contributed by atoms with Gasteiger partial charge in [-0.25, -0.2) is 4.79 Å². The summed E-state index contributed by atoms with van der Waals surface area (Å²) < 4.78 is 5.26. The number of aryl methyl sites for hydroxylation is 1. The normalized spacial score (nSPS) is 10.8. The molecule has 0 aromatic carbocycles. The van der Waals surface area contributed by atoms with E-state index in [1.54, 1.807) is 13.0 Å². The van der Waals surface area contributed by atoms with Crippen LogP contribution in [0.2, 0.25) is 0 Å². The quantitative estimate of drug-likeness (QED) is 0.768. The minimum Gasteiger partial charge on any atom is -0.478 e. The highest BCUT2D eigenvalue weighted by molar-refractivity contribution is 5.88. The van der Waals surface area contributed by atoms with E-state index in [0.717, 1.165) is 0 Å². The van der Waals surface area contributed by atoms with Crippen LogP contribution in [0.5, 0.6) is 0 Å². The molecule has 0 aliphatic heterocycles. The number of rotatable bonds is 3. The van der Waals surface area contributed by atoms with Crippen molar-refractivity contribution in [3.05, 3.63) is 23.2 Å². The van der Waals surface area contributed by atoms with Gasteiger partial charge in [0.1, 0.15) is 17.1 Å². The summed E-state index contributed by atoms with van der Waals surface area (Å²) in [5, 5.41) is 8.74. The van der Waals surface area contributed by atoms with Gasteiger partial charge >= 0.3 is 5.97 Å². The van der Waals surface area contributed by atoms with E-state index in [0.29, 0.717) is 18.1 Å². The van der Waals surface area contributed by atoms with Crippen molar-refractivity contribution < 1.29 is 14.3 Å². The molecule has 1 heterocycles. The Kier molecular flexibility index (Phi) is 2.72. The van der Waals surface area contributed by atoms with E-state index in [1.165, 1.54) is 0 Å². The van der Waals surface area contributed by atoms with Gasteiger partial charge in [0.15, 0.2) is 0 Å². The highest BCUT2D eigenvalue weighted by Crippen LogP contribution is 2.15. The maximum absolute atomic E-state index is 10.6. The number of carboxylic acid groups (broad SMARTS) is 1. The zero-order valence-corrected chi connectivity index (χ0v) is 8.00. The summed E-state index contributed by atoms with van der Waals surface area (Å²) in [5.41, 5.74) is 0.247. The Labute approximate surface area is 76.8 Å². The average Bonchev–Trinajstić information content (AvgIpc) is 2.29. The number of furan rings is 1. The predicted molar refractivity (Wildman–Crippen MR) is 47.8 cm³/mol. The Hall–Kier alpha value is -1.29. The van der Waals surface area contributed by atoms with E-state index in [9.17, 15) is 4.79 Å². The van der Waals surface area contributed by atoms with E-state index in [1.807, 2.05) is 19.0 Å². The Morgan fingerprint density at radius 1 is 1.62 bits per heavy atom. The number of carboxylic acids is 1. The second-order valence-corrected chi connectivity index (χ2v) is 3.23. The summed E-state index contributed by atoms with van der Waals surface area (Å²) in [7, 11) is 3.80. The van der Waals surface area contributed by atoms with Crippen LogP contribution in [0.15, 0.2) is 10.5 Å². The monoisotopic (exact) mass is 183 g/mol. The summed E-state index contributed by atoms with van der Waals surface area (Å²) >= 11 is 0. The van der Waals surface area contributed by atoms with Gasteiger partial charge in [-0.05, 0) is 27.1 Å². The fourth-order valence-electron chi connectivity index (χ4n) is 1.15. The van der Waals surface area contributed by atoms with Gasteiger partial charge in [0.25, 0.3) is 0 Å². The van der Waals surface area contributed by atoms with Crippen LogP contribution in [0.3, 0.4) is 0 Å². The fourth-order valence-corrected chi connectivity index (χ4v) is 1.15. The second kappa shape index (κ2) is 3.62. The molecule has 72 valence electrons. The van der Waals surface area contributed by atoms with Crippen LogP contribution < -0.4 is 0 Å². The Balaban J connectivity index is 2.89. The van der Waals surface area contributed by atoms with Gasteiger partial charge in [-0.2, -0.15) is 0 Å². The summed E-state index contributed by atoms with van der Waals surface area (Å²) in [5.74, 6) is 0.204. The van der Waals surface area contributed by atoms with Gasteiger partial charge in [-0.1, -0.05) is 0 Å². The van der Waals surface area contributed by atoms with Crippen LogP contribution in [-0.4, -0.2) is 30.1 Å². The molecule has 0 spiro atoms. The van der Waals surface area contributed by atoms with Crippen molar-refractivity contribution in [2.45, 2.75) is 13.5 Å². The maximum atomic E-state index is 10.6. The van der Waals surface area contributed by atoms with Gasteiger partial charge in [0.05, 0.1) is 6.54 Å². The first kappa shape index (κ1) is 9.80. The average molecular weight is 183 g/mol. The third kappa shape index (κ3) is 2.32. The van der Waals surface area contributed by atoms with Crippen molar-refractivity contribution in [3.8, 4) is 0 Å². The third-order valence-electron chi connectivity index (χ3n) is 1.67. The third-order valence-corrected chi connectivity index (χ3v) is 1.67. The zero-order valence-electron chi connectivity index (χ0n) is 8.00. The van der Waals surface area contributed by atoms with Crippen molar-refractivity contribution in [1.82, 2.24) is 4.90 Å². The van der Waals surface area contributed by atoms with Crippen LogP contribution >= 0.6 is 0 Å². The molecule has 0 amide bonds. The first-order valence-corrected chi connectivity index (χ1v) is 3.98. The lowest BCUT2D eigenvalue weighted by molar-refractivity contribution is 0.0695. The van der Waals surface area contributed by atoms with Gasteiger partial charge < -0.3 is 14.4 Å². The molecule has 0 saturated heterocycles. The molecule has 0 bridgehead atoms. The molecular weight excluding hydrogens is 170 g/mol. The lowest BCUT2D eigenvalue weighted by Crippen LogP contribution is -2.09. The molecule has 1 rings (SSSR count). The number of carbonyl (C=O) groups is 1. The standard InChI is InChI=1S/C9H13NO3/c1-6-8(9(11)12)4-7(13-6)5-10(2)3/h4H,5H2,1-3H3,(H,11,12). The number of nitrogens with zero attached hydrogens (tertiary/aromatic N) is 1. The molecule has 0 saturated carbocycles. The van der Waals surface area contributed by atoms with Crippen LogP contribution in [0.25, 0.3) is 0 Å². The van der Waals surface area contributed by atoms with Crippen LogP contribution in [0.1, 0.15) is 21.9 Å². The number of hydrogen-bond acceptors (Lipinski definition) is 3. The highest BCUT2D eigenvalue weighted by atomic mass is 16.4. The lowest BCUT2D eigenvalue weighted by Gasteiger charge is -2.05. The van der Waals surface area contributed by atoms with Crippen molar-refractivity contribution in [2.75, 3.05) is 14.1 Å². The number of aromatic carboxylic acids is 1. The van der Waals surface area contributed by atoms with Gasteiger partial charge in [-0.15, -0.1) is 0 Å². The molecule has 0 unspecified atom stereocenters. The first-order chi connectivity index (χ1) is 6.00. The molecule has 0 radical (unpaired) electrons. The molecule has 4 heteroatoms. The molecule has 1 N–H and O–H groups in total. The maximum Gasteiger partial charge on any atom is 0.339 e. The Bertz CT molecular complexity index is 315. The lowest BCUT2D eigenvalue weighted by atomic mass is 10.2. The van der Waals surface area contributed by atoms with Gasteiger partial charge in [0.2, 0.25) is 0 Å². The van der Waals surface area contributed by atoms with E-state index in [-0.39, 0.29) is 5.56 Å². The van der Waals surface area contributed by atoms with Gasteiger partial charge in [0, 0.05) is 0 Å². The first-order valence-electron chi connectivity index (χ1n) is 3.98. The summed E-state index contributed by atoms with van der Waals surface area (Å²) in [4.78, 5) is 12.6. The largest absolute Gasteiger partial charge is 0.478 e. The van der Waals surface area contributed by atoms with Gasteiger partial charge in [-0.3, -0.25) is 0 Å². The molecule has 0 aliphatic rings. The van der Waals surface area contributed by atoms with Crippen LogP contribution in [0.4, 0.5) is 0 Å². The molecule has 1 aromatic heterocycles. The molecule has 0 atom stereocenters. The predicted octanol–water partition coefficient (Wildman–Crippen LogP) is 1.35. The van der Waals surface area contributed by atoms with Crippen LogP contribution in [0, 0.1) is 6.92 Å². The molecular formula is C9H13NO3. The SMILES string of the molecule is Cc1oc(CN(C)C)cc1C(=O)O. The van der Waals surface area contributed by atoms with E-state index < -0.39 is 5.97 Å². The Morgan fingerprint density at radius 3 is 2.62 bits per heavy atom. The Morgan fingerprint density at radius 2 is 2.23 bits per heavy atom. The minimum absolute atomic E-state index is 0.247. The molecule has 4 nitrogen and oxygen atoms in total. The molecule has 0 fully saturated rings. The fraction of sp³-hybridized carbons (Fsp3) is 0.444. The molecule has 0 aliphatic carbocycles. The van der Waals surface area contributed by atoms with Crippen molar-refractivity contribution in [3.63, 3.8) is 0 Å². The molecule has 1 aromatic rings. The van der Waals surface area contributed by atoms with E-state index in [2.05, 4.69) is 0 Å². The van der Waals surface area contributed by atoms with Crippen LogP contribution in [-0.2, 0) is 6.54 Å². The zero-order chi connectivity index (χ0) is 10.0. The highest BCUT2D eigenvalue weighted by Gasteiger charge is 2.13. The summed E-state index contributed by atoms with van der Waals surface area (Å²) in [6.45, 7) is 2.27. The number of hydrogen-bond donors (Lipinski definition) is 1. The van der Waals surface area contributed by atoms with Crippen molar-refractivity contribution in [2.24, 2.45) is 0 Å². The summed E-state index contributed by atoms with van der Waals surface area (Å²) in [6, 6.07) is 1.57. The summed E-state index contributed by atoms with van der Waals surface area (Å²) in [6.07, 6.45) is 0. The van der Waals surface area contributed by atoms with Crippen molar-refractivity contribution >= 4 is 5.97 Å². The second-order valence-electron chi connectivity index (χ2n) is 3.23. The van der Waals surface area contributed by atoms with Crippen molar-refractivity contribution in [1.29, 1.82) is 0 Å². The van der Waals surface area contributed by atoms with E-state index >= 15 is 0 Å². The minimum atomic E-state index is -0.939. The van der Waals surface area contributed by atoms with E-state index in [4.69, 9.17) is 9.52 Å².